The smallest absolute Gasteiger partial charge is 0.0616 e. The van der Waals surface area contributed by atoms with Crippen LogP contribution in [0.25, 0.3) is 11.6 Å². The molecule has 0 radical (unpaired) electrons. The summed E-state index contributed by atoms with van der Waals surface area (Å²) in [6, 6.07) is 8.70. The van der Waals surface area contributed by atoms with Crippen molar-refractivity contribution in [2.45, 2.75) is 12.2 Å². The molecule has 0 nitrogen and oxygen atoms in total. The minimum Gasteiger partial charge on any atom is -0.0616 e. The molecule has 0 spiro atoms. The van der Waals surface area contributed by atoms with E-state index in [4.69, 9.17) is 0 Å². The molecule has 1 aliphatic carbocycles. The zero-order chi connectivity index (χ0) is 9.71. The molecule has 2 atom stereocenters. The van der Waals surface area contributed by atoms with E-state index in [0.29, 0.717) is 10.9 Å². The zero-order valence-electron chi connectivity index (χ0n) is 8.45. The van der Waals surface area contributed by atoms with Crippen LogP contribution in [-0.4, -0.2) is 11.5 Å². The zero-order valence-corrected chi connectivity index (χ0v) is 9.27. The summed E-state index contributed by atoms with van der Waals surface area (Å²) in [6.07, 6.45) is 7.15. The molecule has 1 aromatic rings. The lowest BCUT2D eigenvalue weighted by Gasteiger charge is -1.98. The van der Waals surface area contributed by atoms with E-state index in [2.05, 4.69) is 49.6 Å². The van der Waals surface area contributed by atoms with Crippen molar-refractivity contribution in [3.8, 4) is 0 Å². The number of hydrogen-bond donors (Lipinski definition) is 0. The molecule has 2 unspecified atom stereocenters. The van der Waals surface area contributed by atoms with E-state index in [-0.39, 0.29) is 0 Å². The fourth-order valence-corrected chi connectivity index (χ4v) is 3.77. The standard InChI is InChI=1S/C13H13S/c1-9-7-12-11-6-4-3-5-10(11)8-13(12)14(9)2/h3-9H,1-2H3/q+1. The maximum Gasteiger partial charge on any atom is 0.163 e. The molecule has 70 valence electrons. The molecule has 0 bridgehead atoms. The average Bonchev–Trinajstić information content (AvgIpc) is 2.67. The lowest BCUT2D eigenvalue weighted by atomic mass is 10.1. The van der Waals surface area contributed by atoms with E-state index in [0.717, 1.165) is 5.25 Å². The van der Waals surface area contributed by atoms with Crippen molar-refractivity contribution in [3.63, 3.8) is 0 Å². The van der Waals surface area contributed by atoms with Crippen LogP contribution in [0.4, 0.5) is 0 Å². The van der Waals surface area contributed by atoms with Gasteiger partial charge in [-0.05, 0) is 24.1 Å². The molecule has 0 aromatic heterocycles. The Morgan fingerprint density at radius 1 is 1.21 bits per heavy atom. The highest BCUT2D eigenvalue weighted by Crippen LogP contribution is 2.44. The second-order valence-electron chi connectivity index (χ2n) is 3.94. The molecule has 0 saturated heterocycles. The number of rotatable bonds is 0. The highest BCUT2D eigenvalue weighted by molar-refractivity contribution is 8.01. The van der Waals surface area contributed by atoms with Crippen LogP contribution in [0.3, 0.4) is 0 Å². The van der Waals surface area contributed by atoms with Crippen LogP contribution in [0.5, 0.6) is 0 Å². The molecule has 0 fully saturated rings. The van der Waals surface area contributed by atoms with Gasteiger partial charge in [-0.2, -0.15) is 0 Å². The van der Waals surface area contributed by atoms with Crippen LogP contribution in [0.15, 0.2) is 35.2 Å². The Labute approximate surface area is 87.7 Å². The fourth-order valence-electron chi connectivity index (χ4n) is 2.20. The first-order valence-electron chi connectivity index (χ1n) is 4.95. The van der Waals surface area contributed by atoms with Crippen molar-refractivity contribution in [2.24, 2.45) is 0 Å². The van der Waals surface area contributed by atoms with Gasteiger partial charge < -0.3 is 0 Å². The van der Waals surface area contributed by atoms with Gasteiger partial charge in [-0.1, -0.05) is 24.3 Å². The summed E-state index contributed by atoms with van der Waals surface area (Å²) in [7, 11) is 0.419. The molecule has 0 amide bonds. The summed E-state index contributed by atoms with van der Waals surface area (Å²) < 4.78 is 0. The first-order valence-corrected chi connectivity index (χ1v) is 6.65. The predicted molar refractivity (Wildman–Crippen MR) is 65.1 cm³/mol. The van der Waals surface area contributed by atoms with E-state index in [9.17, 15) is 0 Å². The average molecular weight is 201 g/mol. The maximum absolute atomic E-state index is 2.43. The second kappa shape index (κ2) is 2.77. The SMILES string of the molecule is CC1C=C2C(=Cc3ccccc32)[S+]1C. The fraction of sp³-hybridized carbons (Fsp3) is 0.231. The topological polar surface area (TPSA) is 0 Å². The number of hydrogen-bond acceptors (Lipinski definition) is 0. The predicted octanol–water partition coefficient (Wildman–Crippen LogP) is 3.07. The highest BCUT2D eigenvalue weighted by atomic mass is 32.2. The van der Waals surface area contributed by atoms with Gasteiger partial charge in [0.1, 0.15) is 11.5 Å². The Balaban J connectivity index is 2.21. The van der Waals surface area contributed by atoms with Crippen molar-refractivity contribution < 1.29 is 0 Å². The van der Waals surface area contributed by atoms with Gasteiger partial charge in [-0.25, -0.2) is 0 Å². The van der Waals surface area contributed by atoms with Crippen molar-refractivity contribution in [3.05, 3.63) is 46.4 Å². The third kappa shape index (κ3) is 0.963. The Hall–Kier alpha value is -0.950. The van der Waals surface area contributed by atoms with Gasteiger partial charge in [0, 0.05) is 22.5 Å². The van der Waals surface area contributed by atoms with Gasteiger partial charge in [0.25, 0.3) is 0 Å². The Bertz CT molecular complexity index is 454. The molecule has 0 N–H and O–H groups in total. The minimum absolute atomic E-state index is 0.419. The second-order valence-corrected chi connectivity index (χ2v) is 6.24. The number of benzene rings is 1. The lowest BCUT2D eigenvalue weighted by Crippen LogP contribution is -2.08. The third-order valence-electron chi connectivity index (χ3n) is 3.11. The van der Waals surface area contributed by atoms with Crippen molar-refractivity contribution in [1.82, 2.24) is 0 Å². The van der Waals surface area contributed by atoms with Crippen LogP contribution in [0.1, 0.15) is 18.1 Å². The van der Waals surface area contributed by atoms with E-state index in [1.807, 2.05) is 0 Å². The molecule has 1 heterocycles. The molecule has 0 saturated carbocycles. The third-order valence-corrected chi connectivity index (χ3v) is 5.39. The quantitative estimate of drug-likeness (QED) is 0.566. The summed E-state index contributed by atoms with van der Waals surface area (Å²) in [5.41, 5.74) is 4.34. The Kier molecular flexibility index (Phi) is 1.65. The summed E-state index contributed by atoms with van der Waals surface area (Å²) in [4.78, 5) is 1.57. The monoisotopic (exact) mass is 201 g/mol. The van der Waals surface area contributed by atoms with Crippen LogP contribution >= 0.6 is 0 Å². The van der Waals surface area contributed by atoms with E-state index < -0.39 is 0 Å². The van der Waals surface area contributed by atoms with Gasteiger partial charge in [0.15, 0.2) is 4.91 Å². The molecule has 2 aliphatic rings. The summed E-state index contributed by atoms with van der Waals surface area (Å²) >= 11 is 0. The molecule has 1 heteroatoms. The van der Waals surface area contributed by atoms with Crippen molar-refractivity contribution >= 4 is 22.5 Å². The Morgan fingerprint density at radius 2 is 2.00 bits per heavy atom. The maximum atomic E-state index is 2.43. The molecule has 1 aromatic carbocycles. The van der Waals surface area contributed by atoms with Crippen LogP contribution in [-0.2, 0) is 10.9 Å². The molecular weight excluding hydrogens is 188 g/mol. The lowest BCUT2D eigenvalue weighted by molar-refractivity contribution is 1.26. The molecule has 14 heavy (non-hydrogen) atoms. The van der Waals surface area contributed by atoms with Crippen molar-refractivity contribution in [2.75, 3.05) is 6.26 Å². The van der Waals surface area contributed by atoms with Crippen molar-refractivity contribution in [1.29, 1.82) is 0 Å². The van der Waals surface area contributed by atoms with Gasteiger partial charge in [0.05, 0.1) is 0 Å². The molecule has 3 rings (SSSR count). The number of fused-ring (bicyclic) bond motifs is 3. The van der Waals surface area contributed by atoms with Gasteiger partial charge in [0.2, 0.25) is 0 Å². The summed E-state index contributed by atoms with van der Waals surface area (Å²) in [5.74, 6) is 0. The number of allylic oxidation sites excluding steroid dienone is 1. The van der Waals surface area contributed by atoms with E-state index in [1.54, 1.807) is 4.91 Å². The summed E-state index contributed by atoms with van der Waals surface area (Å²) in [5, 5.41) is 0.726. The van der Waals surface area contributed by atoms with Gasteiger partial charge in [-0.3, -0.25) is 0 Å². The molecule has 1 aliphatic heterocycles. The summed E-state index contributed by atoms with van der Waals surface area (Å²) in [6.45, 7) is 2.32. The Morgan fingerprint density at radius 3 is 2.86 bits per heavy atom. The minimum atomic E-state index is 0.419. The van der Waals surface area contributed by atoms with Crippen LogP contribution < -0.4 is 0 Å². The first kappa shape index (κ1) is 8.37. The first-order chi connectivity index (χ1) is 6.77. The highest BCUT2D eigenvalue weighted by Gasteiger charge is 2.39. The van der Waals surface area contributed by atoms with Gasteiger partial charge in [-0.15, -0.1) is 0 Å². The largest absolute Gasteiger partial charge is 0.163 e. The van der Waals surface area contributed by atoms with E-state index >= 15 is 0 Å². The van der Waals surface area contributed by atoms with E-state index in [1.165, 1.54) is 16.7 Å². The molecular formula is C13H13S+. The van der Waals surface area contributed by atoms with Gasteiger partial charge >= 0.3 is 0 Å². The normalized spacial score (nSPS) is 28.1. The van der Waals surface area contributed by atoms with Crippen LogP contribution in [0.2, 0.25) is 0 Å². The van der Waals surface area contributed by atoms with Crippen LogP contribution in [0, 0.1) is 0 Å².